The maximum Gasteiger partial charge on any atom is 0.0923 e. The van der Waals surface area contributed by atoms with Gasteiger partial charge in [-0.15, -0.1) is 0 Å². The Morgan fingerprint density at radius 1 is 1.00 bits per heavy atom. The van der Waals surface area contributed by atoms with Crippen LogP contribution in [-0.2, 0) is 5.60 Å². The smallest absolute Gasteiger partial charge is 0.0923 e. The topological polar surface area (TPSA) is 20.2 Å². The molecular weight excluding hydrogens is 276 g/mol. The minimum Gasteiger partial charge on any atom is -0.385 e. The lowest BCUT2D eigenvalue weighted by Gasteiger charge is -2.44. The molecule has 0 radical (unpaired) electrons. The zero-order valence-electron chi connectivity index (χ0n) is 12.5. The van der Waals surface area contributed by atoms with Crippen LogP contribution in [0.4, 0.5) is 0 Å². The molecule has 2 aliphatic rings. The number of hydrogen-bond donors (Lipinski definition) is 1. The van der Waals surface area contributed by atoms with Crippen LogP contribution in [0.25, 0.3) is 10.8 Å². The van der Waals surface area contributed by atoms with Gasteiger partial charge in [0.15, 0.2) is 0 Å². The maximum absolute atomic E-state index is 11.4. The molecule has 1 N–H and O–H groups in total. The highest BCUT2D eigenvalue weighted by atomic mass is 32.2. The fraction of sp³-hybridized carbons (Fsp3) is 0.474. The standard InChI is InChI=1S/C19H22OS/c1-13-9-10-18(17-8-3-2-7-16(13)17)19(20)11-14-5-4-6-15(12-19)21-14/h2-3,7-10,14-15,20H,4-6,11-12H2,1H3. The number of aryl methyl sites for hydroxylation is 1. The molecule has 2 aliphatic heterocycles. The van der Waals surface area contributed by atoms with Crippen molar-refractivity contribution >= 4 is 22.5 Å². The van der Waals surface area contributed by atoms with Crippen molar-refractivity contribution in [1.82, 2.24) is 0 Å². The first-order valence-corrected chi connectivity index (χ1v) is 8.97. The largest absolute Gasteiger partial charge is 0.385 e. The van der Waals surface area contributed by atoms with Crippen molar-refractivity contribution in [3.8, 4) is 0 Å². The molecule has 2 unspecified atom stereocenters. The molecule has 21 heavy (non-hydrogen) atoms. The van der Waals surface area contributed by atoms with Crippen LogP contribution < -0.4 is 0 Å². The summed E-state index contributed by atoms with van der Waals surface area (Å²) in [5.74, 6) is 0. The minimum absolute atomic E-state index is 0.631. The molecule has 2 aromatic carbocycles. The molecule has 0 saturated carbocycles. The van der Waals surface area contributed by atoms with Gasteiger partial charge in [0.2, 0.25) is 0 Å². The lowest BCUT2D eigenvalue weighted by atomic mass is 9.78. The maximum atomic E-state index is 11.4. The van der Waals surface area contributed by atoms with Gasteiger partial charge in [-0.2, -0.15) is 11.8 Å². The zero-order valence-corrected chi connectivity index (χ0v) is 13.3. The van der Waals surface area contributed by atoms with Gasteiger partial charge in [0.1, 0.15) is 0 Å². The summed E-state index contributed by atoms with van der Waals surface area (Å²) in [6.45, 7) is 2.15. The highest BCUT2D eigenvalue weighted by molar-refractivity contribution is 8.00. The molecule has 0 amide bonds. The molecule has 2 atom stereocenters. The Balaban J connectivity index is 1.84. The van der Waals surface area contributed by atoms with Gasteiger partial charge in [-0.1, -0.05) is 42.8 Å². The fourth-order valence-corrected chi connectivity index (χ4v) is 6.09. The molecule has 2 heterocycles. The van der Waals surface area contributed by atoms with Crippen molar-refractivity contribution in [2.75, 3.05) is 0 Å². The van der Waals surface area contributed by atoms with E-state index in [9.17, 15) is 5.11 Å². The predicted octanol–water partition coefficient (Wildman–Crippen LogP) is 4.78. The van der Waals surface area contributed by atoms with E-state index in [4.69, 9.17) is 0 Å². The van der Waals surface area contributed by atoms with Crippen LogP contribution in [0.5, 0.6) is 0 Å². The Labute approximate surface area is 130 Å². The second-order valence-corrected chi connectivity index (χ2v) is 8.33. The van der Waals surface area contributed by atoms with Crippen LogP contribution in [0.2, 0.25) is 0 Å². The lowest BCUT2D eigenvalue weighted by molar-refractivity contribution is 0.00954. The average Bonchev–Trinajstić information content (AvgIpc) is 2.47. The summed E-state index contributed by atoms with van der Waals surface area (Å²) in [6, 6.07) is 12.9. The van der Waals surface area contributed by atoms with Gasteiger partial charge >= 0.3 is 0 Å². The van der Waals surface area contributed by atoms with Crippen LogP contribution in [0.1, 0.15) is 43.2 Å². The zero-order chi connectivity index (χ0) is 14.4. The van der Waals surface area contributed by atoms with Crippen molar-refractivity contribution in [3.05, 3.63) is 47.5 Å². The van der Waals surface area contributed by atoms with Gasteiger partial charge in [-0.05, 0) is 54.5 Å². The van der Waals surface area contributed by atoms with Crippen LogP contribution in [0.15, 0.2) is 36.4 Å². The first-order chi connectivity index (χ1) is 10.2. The molecule has 2 bridgehead atoms. The van der Waals surface area contributed by atoms with E-state index in [1.54, 1.807) is 0 Å². The van der Waals surface area contributed by atoms with E-state index in [1.807, 2.05) is 0 Å². The van der Waals surface area contributed by atoms with Gasteiger partial charge in [-0.25, -0.2) is 0 Å². The molecule has 2 aromatic rings. The van der Waals surface area contributed by atoms with Crippen molar-refractivity contribution in [3.63, 3.8) is 0 Å². The third-order valence-corrected chi connectivity index (χ3v) is 6.79. The molecule has 2 fully saturated rings. The summed E-state index contributed by atoms with van der Waals surface area (Å²) in [5.41, 5.74) is 1.82. The second-order valence-electron chi connectivity index (χ2n) is 6.73. The van der Waals surface area contributed by atoms with Gasteiger partial charge in [-0.3, -0.25) is 0 Å². The van der Waals surface area contributed by atoms with Gasteiger partial charge < -0.3 is 5.11 Å². The predicted molar refractivity (Wildman–Crippen MR) is 90.8 cm³/mol. The number of benzene rings is 2. The van der Waals surface area contributed by atoms with E-state index in [1.165, 1.54) is 35.6 Å². The van der Waals surface area contributed by atoms with Crippen LogP contribution >= 0.6 is 11.8 Å². The van der Waals surface area contributed by atoms with Gasteiger partial charge in [0, 0.05) is 10.5 Å². The first kappa shape index (κ1) is 13.7. The van der Waals surface area contributed by atoms with Crippen LogP contribution in [0.3, 0.4) is 0 Å². The van der Waals surface area contributed by atoms with Crippen molar-refractivity contribution in [2.24, 2.45) is 0 Å². The molecule has 110 valence electrons. The Kier molecular flexibility index (Phi) is 3.27. The number of hydrogen-bond acceptors (Lipinski definition) is 2. The van der Waals surface area contributed by atoms with Crippen LogP contribution in [0, 0.1) is 6.92 Å². The highest BCUT2D eigenvalue weighted by Crippen LogP contribution is 2.50. The first-order valence-electron chi connectivity index (χ1n) is 8.02. The van der Waals surface area contributed by atoms with E-state index in [-0.39, 0.29) is 0 Å². The van der Waals surface area contributed by atoms with Gasteiger partial charge in [0.05, 0.1) is 5.60 Å². The Morgan fingerprint density at radius 3 is 2.38 bits per heavy atom. The molecule has 1 nitrogen and oxygen atoms in total. The number of aliphatic hydroxyl groups is 1. The second kappa shape index (κ2) is 5.03. The molecule has 2 heteroatoms. The summed E-state index contributed by atoms with van der Waals surface area (Å²) in [5, 5.41) is 15.2. The number of thioether (sulfide) groups is 1. The molecule has 0 spiro atoms. The van der Waals surface area contributed by atoms with Crippen LogP contribution in [-0.4, -0.2) is 15.6 Å². The summed E-state index contributed by atoms with van der Waals surface area (Å²) in [4.78, 5) is 0. The highest BCUT2D eigenvalue weighted by Gasteiger charge is 2.43. The van der Waals surface area contributed by atoms with E-state index in [0.717, 1.165) is 18.4 Å². The molecular formula is C19H22OS. The number of fused-ring (bicyclic) bond motifs is 3. The summed E-state index contributed by atoms with van der Waals surface area (Å²) in [7, 11) is 0. The molecule has 4 rings (SSSR count). The molecule has 0 aliphatic carbocycles. The quantitative estimate of drug-likeness (QED) is 0.817. The lowest BCUT2D eigenvalue weighted by Crippen LogP contribution is -2.40. The van der Waals surface area contributed by atoms with Gasteiger partial charge in [0.25, 0.3) is 0 Å². The van der Waals surface area contributed by atoms with Crippen molar-refractivity contribution in [2.45, 2.75) is 55.1 Å². The third kappa shape index (κ3) is 2.29. The monoisotopic (exact) mass is 298 g/mol. The molecule has 0 aromatic heterocycles. The SMILES string of the molecule is Cc1ccc(C2(O)CC3CCCC(C2)S3)c2ccccc12. The summed E-state index contributed by atoms with van der Waals surface area (Å²) in [6.07, 6.45) is 5.72. The van der Waals surface area contributed by atoms with E-state index < -0.39 is 5.60 Å². The average molecular weight is 298 g/mol. The Morgan fingerprint density at radius 2 is 1.67 bits per heavy atom. The van der Waals surface area contributed by atoms with E-state index in [0.29, 0.717) is 10.5 Å². The van der Waals surface area contributed by atoms with Crippen molar-refractivity contribution < 1.29 is 5.11 Å². The van der Waals surface area contributed by atoms with E-state index >= 15 is 0 Å². The number of rotatable bonds is 1. The normalized spacial score (nSPS) is 32.3. The summed E-state index contributed by atoms with van der Waals surface area (Å²) < 4.78 is 0. The Bertz CT molecular complexity index is 666. The summed E-state index contributed by atoms with van der Waals surface area (Å²) >= 11 is 2.12. The third-order valence-electron chi connectivity index (χ3n) is 5.21. The minimum atomic E-state index is -0.631. The fourth-order valence-electron chi connectivity index (χ4n) is 4.19. The Hall–Kier alpha value is -0.990. The van der Waals surface area contributed by atoms with Crippen molar-refractivity contribution in [1.29, 1.82) is 0 Å². The molecule has 2 saturated heterocycles. The van der Waals surface area contributed by atoms with E-state index in [2.05, 4.69) is 55.1 Å².